The van der Waals surface area contributed by atoms with E-state index in [4.69, 9.17) is 0 Å². The van der Waals surface area contributed by atoms with E-state index in [0.29, 0.717) is 6.54 Å². The Balaban J connectivity index is 2.57. The number of nitrogens with one attached hydrogen (secondary N) is 1. The first-order valence-corrected chi connectivity index (χ1v) is 6.81. The van der Waals surface area contributed by atoms with Gasteiger partial charge in [0.05, 0.1) is 0 Å². The molecule has 0 radical (unpaired) electrons. The van der Waals surface area contributed by atoms with E-state index >= 15 is 0 Å². The molecule has 1 N–H and O–H groups in total. The second kappa shape index (κ2) is 7.75. The zero-order valence-corrected chi connectivity index (χ0v) is 11.7. The molecule has 0 aliphatic heterocycles. The molecule has 0 aromatic heterocycles. The van der Waals surface area contributed by atoms with E-state index in [9.17, 15) is 4.79 Å². The smallest absolute Gasteiger partial charge is 0.321 e. The van der Waals surface area contributed by atoms with E-state index in [1.807, 2.05) is 38.1 Å². The highest BCUT2D eigenvalue weighted by Gasteiger charge is 2.12. The molecular formula is C15H24N2O. The third-order valence-electron chi connectivity index (χ3n) is 2.93. The molecule has 0 saturated carbocycles. The maximum Gasteiger partial charge on any atom is 0.321 e. The first kappa shape index (κ1) is 14.6. The number of anilines is 1. The van der Waals surface area contributed by atoms with Crippen LogP contribution in [0.5, 0.6) is 0 Å². The predicted molar refractivity (Wildman–Crippen MR) is 77.1 cm³/mol. The Morgan fingerprint density at radius 3 is 2.67 bits per heavy atom. The van der Waals surface area contributed by atoms with Crippen LogP contribution in [-0.4, -0.2) is 19.1 Å². The van der Waals surface area contributed by atoms with Crippen LogP contribution in [0.15, 0.2) is 24.3 Å². The number of benzene rings is 1. The van der Waals surface area contributed by atoms with Crippen molar-refractivity contribution in [2.24, 2.45) is 0 Å². The molecule has 2 amide bonds. The third-order valence-corrected chi connectivity index (χ3v) is 2.93. The van der Waals surface area contributed by atoms with Crippen LogP contribution in [0.2, 0.25) is 0 Å². The van der Waals surface area contributed by atoms with Crippen LogP contribution in [0.1, 0.15) is 38.7 Å². The van der Waals surface area contributed by atoms with Crippen LogP contribution in [0.3, 0.4) is 0 Å². The topological polar surface area (TPSA) is 32.3 Å². The molecule has 0 atom stereocenters. The lowest BCUT2D eigenvalue weighted by atomic mass is 10.2. The normalized spacial score (nSPS) is 10.2. The van der Waals surface area contributed by atoms with Crippen molar-refractivity contribution in [2.45, 2.75) is 40.0 Å². The summed E-state index contributed by atoms with van der Waals surface area (Å²) in [6.45, 7) is 7.63. The Morgan fingerprint density at radius 1 is 1.28 bits per heavy atom. The van der Waals surface area contributed by atoms with Gasteiger partial charge in [0.1, 0.15) is 0 Å². The number of hydrogen-bond acceptors (Lipinski definition) is 1. The summed E-state index contributed by atoms with van der Waals surface area (Å²) in [6, 6.07) is 8.03. The number of nitrogens with zero attached hydrogens (tertiary/aromatic N) is 1. The maximum absolute atomic E-state index is 12.1. The number of urea groups is 1. The summed E-state index contributed by atoms with van der Waals surface area (Å²) >= 11 is 0. The van der Waals surface area contributed by atoms with Gasteiger partial charge in [0.15, 0.2) is 0 Å². The van der Waals surface area contributed by atoms with Gasteiger partial charge in [-0.2, -0.15) is 0 Å². The second-order valence-electron chi connectivity index (χ2n) is 4.52. The van der Waals surface area contributed by atoms with Gasteiger partial charge in [-0.25, -0.2) is 4.79 Å². The van der Waals surface area contributed by atoms with Gasteiger partial charge in [0.25, 0.3) is 0 Å². The molecule has 3 heteroatoms. The molecular weight excluding hydrogens is 224 g/mol. The van der Waals surface area contributed by atoms with E-state index in [2.05, 4.69) is 12.2 Å². The van der Waals surface area contributed by atoms with E-state index < -0.39 is 0 Å². The van der Waals surface area contributed by atoms with Gasteiger partial charge in [0.2, 0.25) is 0 Å². The van der Waals surface area contributed by atoms with Crippen LogP contribution >= 0.6 is 0 Å². The second-order valence-corrected chi connectivity index (χ2v) is 4.52. The lowest BCUT2D eigenvalue weighted by Crippen LogP contribution is -2.40. The highest BCUT2D eigenvalue weighted by atomic mass is 16.2. The molecule has 0 saturated heterocycles. The van der Waals surface area contributed by atoms with Crippen molar-refractivity contribution >= 4 is 11.7 Å². The summed E-state index contributed by atoms with van der Waals surface area (Å²) in [5.74, 6) is 0. The van der Waals surface area contributed by atoms with Crippen LogP contribution in [0, 0.1) is 6.92 Å². The van der Waals surface area contributed by atoms with Crippen LogP contribution in [-0.2, 0) is 0 Å². The first-order chi connectivity index (χ1) is 8.69. The van der Waals surface area contributed by atoms with Crippen molar-refractivity contribution < 1.29 is 4.79 Å². The molecule has 1 aromatic rings. The summed E-state index contributed by atoms with van der Waals surface area (Å²) in [7, 11) is 0. The molecule has 0 fully saturated rings. The van der Waals surface area contributed by atoms with Crippen LogP contribution in [0.4, 0.5) is 10.5 Å². The van der Waals surface area contributed by atoms with Crippen LogP contribution in [0.25, 0.3) is 0 Å². The monoisotopic (exact) mass is 248 g/mol. The number of aryl methyl sites for hydroxylation is 1. The molecule has 1 aromatic carbocycles. The quantitative estimate of drug-likeness (QED) is 0.764. The van der Waals surface area contributed by atoms with Gasteiger partial charge in [-0.05, 0) is 38.0 Å². The highest BCUT2D eigenvalue weighted by molar-refractivity contribution is 5.91. The summed E-state index contributed by atoms with van der Waals surface area (Å²) in [5.41, 5.74) is 2.13. The summed E-state index contributed by atoms with van der Waals surface area (Å²) in [4.78, 5) is 13.8. The van der Waals surface area contributed by atoms with Gasteiger partial charge in [-0.3, -0.25) is 4.90 Å². The van der Waals surface area contributed by atoms with E-state index in [1.54, 1.807) is 4.90 Å². The molecule has 0 bridgehead atoms. The van der Waals surface area contributed by atoms with Crippen molar-refractivity contribution in [3.8, 4) is 0 Å². The maximum atomic E-state index is 12.1. The summed E-state index contributed by atoms with van der Waals surface area (Å²) in [5, 5.41) is 2.97. The number of rotatable bonds is 6. The molecule has 0 heterocycles. The van der Waals surface area contributed by atoms with Gasteiger partial charge >= 0.3 is 6.03 Å². The Morgan fingerprint density at radius 2 is 2.06 bits per heavy atom. The van der Waals surface area contributed by atoms with E-state index in [1.165, 1.54) is 12.0 Å². The average molecular weight is 248 g/mol. The number of unbranched alkanes of at least 4 members (excludes halogenated alkanes) is 2. The zero-order chi connectivity index (χ0) is 13.4. The lowest BCUT2D eigenvalue weighted by molar-refractivity contribution is 0.246. The van der Waals surface area contributed by atoms with Crippen molar-refractivity contribution in [3.63, 3.8) is 0 Å². The number of carbonyl (C=O) groups is 1. The number of carbonyl (C=O) groups excluding carboxylic acids is 1. The van der Waals surface area contributed by atoms with E-state index in [-0.39, 0.29) is 6.03 Å². The predicted octanol–water partition coefficient (Wildman–Crippen LogP) is 3.72. The minimum atomic E-state index is -0.000738. The van der Waals surface area contributed by atoms with E-state index in [0.717, 1.165) is 25.1 Å². The van der Waals surface area contributed by atoms with Gasteiger partial charge in [0, 0.05) is 18.8 Å². The summed E-state index contributed by atoms with van der Waals surface area (Å²) < 4.78 is 0. The SMILES string of the molecule is CCCCCNC(=O)N(CC)c1cccc(C)c1. The van der Waals surface area contributed by atoms with Crippen molar-refractivity contribution in [3.05, 3.63) is 29.8 Å². The average Bonchev–Trinajstić information content (AvgIpc) is 2.36. The molecule has 100 valence electrons. The fraction of sp³-hybridized carbons (Fsp3) is 0.533. The number of amides is 2. The van der Waals surface area contributed by atoms with Gasteiger partial charge < -0.3 is 5.32 Å². The molecule has 1 rings (SSSR count). The van der Waals surface area contributed by atoms with Crippen molar-refractivity contribution in [1.29, 1.82) is 0 Å². The minimum Gasteiger partial charge on any atom is -0.338 e. The number of hydrogen-bond donors (Lipinski definition) is 1. The summed E-state index contributed by atoms with van der Waals surface area (Å²) in [6.07, 6.45) is 3.38. The minimum absolute atomic E-state index is 0.000738. The molecule has 0 spiro atoms. The Bertz CT molecular complexity index is 377. The van der Waals surface area contributed by atoms with Crippen molar-refractivity contribution in [1.82, 2.24) is 5.32 Å². The van der Waals surface area contributed by atoms with Gasteiger partial charge in [-0.15, -0.1) is 0 Å². The Labute approximate surface area is 110 Å². The molecule has 0 aliphatic carbocycles. The lowest BCUT2D eigenvalue weighted by Gasteiger charge is -2.22. The molecule has 18 heavy (non-hydrogen) atoms. The fourth-order valence-electron chi connectivity index (χ4n) is 1.91. The first-order valence-electron chi connectivity index (χ1n) is 6.81. The van der Waals surface area contributed by atoms with Crippen LogP contribution < -0.4 is 10.2 Å². The largest absolute Gasteiger partial charge is 0.338 e. The Hall–Kier alpha value is -1.51. The zero-order valence-electron chi connectivity index (χ0n) is 11.7. The van der Waals surface area contributed by atoms with Gasteiger partial charge in [-0.1, -0.05) is 31.9 Å². The molecule has 3 nitrogen and oxygen atoms in total. The fourth-order valence-corrected chi connectivity index (χ4v) is 1.91. The van der Waals surface area contributed by atoms with Crippen molar-refractivity contribution in [2.75, 3.05) is 18.0 Å². The molecule has 0 unspecified atom stereocenters. The standard InChI is InChI=1S/C15H24N2O/c1-4-6-7-11-16-15(18)17(5-2)14-10-8-9-13(3)12-14/h8-10,12H,4-7,11H2,1-3H3,(H,16,18). The third kappa shape index (κ3) is 4.40. The highest BCUT2D eigenvalue weighted by Crippen LogP contribution is 2.15. The molecule has 0 aliphatic rings. The Kier molecular flexibility index (Phi) is 6.26.